The molecule has 0 aromatic heterocycles. The van der Waals surface area contributed by atoms with Crippen LogP contribution in [0.25, 0.3) is 0 Å². The number of halogens is 4. The molecule has 0 amide bonds. The monoisotopic (exact) mass is 381 g/mol. The third-order valence-corrected chi connectivity index (χ3v) is 4.31. The SMILES string of the molecule is O[C@H](COCCOc1ccc(Cl)cc1)CN1CCC[C@H](C(F)(F)F)C1. The Hall–Kier alpha value is -1.02. The Morgan fingerprint density at radius 1 is 1.24 bits per heavy atom. The molecule has 1 aromatic rings. The van der Waals surface area contributed by atoms with E-state index in [1.807, 2.05) is 0 Å². The van der Waals surface area contributed by atoms with E-state index in [2.05, 4.69) is 0 Å². The molecular weight excluding hydrogens is 359 g/mol. The van der Waals surface area contributed by atoms with Crippen molar-refractivity contribution in [1.82, 2.24) is 4.90 Å². The number of ether oxygens (including phenoxy) is 2. The van der Waals surface area contributed by atoms with Crippen molar-refractivity contribution in [3.8, 4) is 5.75 Å². The summed E-state index contributed by atoms with van der Waals surface area (Å²) in [5.41, 5.74) is 0. The Bertz CT molecular complexity index is 513. The Balaban J connectivity index is 1.59. The molecule has 2 atom stereocenters. The number of β-amino-alcohol motifs (C(OH)–C–C–N with tert-alkyl or cyclic N) is 1. The predicted octanol–water partition coefficient (Wildman–Crippen LogP) is 3.37. The smallest absolute Gasteiger partial charge is 0.393 e. The van der Waals surface area contributed by atoms with Crippen molar-refractivity contribution in [1.29, 1.82) is 0 Å². The molecule has 0 saturated carbocycles. The van der Waals surface area contributed by atoms with E-state index in [1.165, 1.54) is 0 Å². The van der Waals surface area contributed by atoms with Crippen LogP contribution in [-0.4, -0.2) is 61.7 Å². The van der Waals surface area contributed by atoms with Gasteiger partial charge in [0.25, 0.3) is 0 Å². The molecule has 0 aliphatic carbocycles. The second-order valence-electron chi connectivity index (χ2n) is 6.17. The van der Waals surface area contributed by atoms with Gasteiger partial charge in [0.15, 0.2) is 0 Å². The number of aliphatic hydroxyl groups is 1. The van der Waals surface area contributed by atoms with Gasteiger partial charge < -0.3 is 19.5 Å². The lowest BCUT2D eigenvalue weighted by molar-refractivity contribution is -0.187. The average Bonchev–Trinajstić information content (AvgIpc) is 2.56. The van der Waals surface area contributed by atoms with E-state index < -0.39 is 18.2 Å². The summed E-state index contributed by atoms with van der Waals surface area (Å²) in [5.74, 6) is -0.637. The fraction of sp³-hybridized carbons (Fsp3) is 0.647. The zero-order chi connectivity index (χ0) is 18.3. The number of benzene rings is 1. The van der Waals surface area contributed by atoms with E-state index in [-0.39, 0.29) is 32.7 Å². The third kappa shape index (κ3) is 7.40. The second kappa shape index (κ2) is 9.62. The molecule has 8 heteroatoms. The number of alkyl halides is 3. The fourth-order valence-corrected chi connectivity index (χ4v) is 2.93. The van der Waals surface area contributed by atoms with Gasteiger partial charge >= 0.3 is 6.18 Å². The van der Waals surface area contributed by atoms with Gasteiger partial charge in [0.1, 0.15) is 12.4 Å². The van der Waals surface area contributed by atoms with E-state index in [0.717, 1.165) is 0 Å². The first-order valence-electron chi connectivity index (χ1n) is 8.28. The zero-order valence-corrected chi connectivity index (χ0v) is 14.6. The summed E-state index contributed by atoms with van der Waals surface area (Å²) in [4.78, 5) is 1.65. The van der Waals surface area contributed by atoms with Crippen LogP contribution in [-0.2, 0) is 4.74 Å². The van der Waals surface area contributed by atoms with Crippen LogP contribution in [0.15, 0.2) is 24.3 Å². The first-order valence-corrected chi connectivity index (χ1v) is 8.65. The van der Waals surface area contributed by atoms with Gasteiger partial charge in [-0.25, -0.2) is 0 Å². The Morgan fingerprint density at radius 2 is 1.96 bits per heavy atom. The van der Waals surface area contributed by atoms with E-state index >= 15 is 0 Å². The number of hydrogen-bond donors (Lipinski definition) is 1. The second-order valence-corrected chi connectivity index (χ2v) is 6.61. The van der Waals surface area contributed by atoms with Gasteiger partial charge in [-0.1, -0.05) is 11.6 Å². The molecule has 1 heterocycles. The lowest BCUT2D eigenvalue weighted by Gasteiger charge is -2.34. The minimum absolute atomic E-state index is 0.0553. The quantitative estimate of drug-likeness (QED) is 0.701. The molecule has 142 valence electrons. The third-order valence-electron chi connectivity index (χ3n) is 4.06. The van der Waals surface area contributed by atoms with Crippen LogP contribution < -0.4 is 4.74 Å². The lowest BCUT2D eigenvalue weighted by atomic mass is 9.97. The number of hydrogen-bond acceptors (Lipinski definition) is 4. The first kappa shape index (κ1) is 20.3. The summed E-state index contributed by atoms with van der Waals surface area (Å²) in [6.07, 6.45) is -4.33. The largest absolute Gasteiger partial charge is 0.491 e. The summed E-state index contributed by atoms with van der Waals surface area (Å²) in [5, 5.41) is 10.6. The predicted molar refractivity (Wildman–Crippen MR) is 89.0 cm³/mol. The minimum Gasteiger partial charge on any atom is -0.491 e. The van der Waals surface area contributed by atoms with E-state index in [9.17, 15) is 18.3 Å². The molecule has 1 aliphatic heterocycles. The van der Waals surface area contributed by atoms with Gasteiger partial charge in [0, 0.05) is 18.1 Å². The lowest BCUT2D eigenvalue weighted by Crippen LogP contribution is -2.45. The molecule has 4 nitrogen and oxygen atoms in total. The number of likely N-dealkylation sites (tertiary alicyclic amines) is 1. The molecule has 0 unspecified atom stereocenters. The molecule has 0 radical (unpaired) electrons. The van der Waals surface area contributed by atoms with Crippen LogP contribution in [0.1, 0.15) is 12.8 Å². The standard InChI is InChI=1S/C17H23ClF3NO3/c18-14-3-5-16(6-4-14)25-9-8-24-12-15(23)11-22-7-1-2-13(10-22)17(19,20)21/h3-6,13,15,23H,1-2,7-12H2/t13-,15-/m0/s1. The van der Waals surface area contributed by atoms with Crippen molar-refractivity contribution in [2.24, 2.45) is 5.92 Å². The van der Waals surface area contributed by atoms with Crippen LogP contribution in [0.3, 0.4) is 0 Å². The van der Waals surface area contributed by atoms with Crippen LogP contribution in [0, 0.1) is 5.92 Å². The van der Waals surface area contributed by atoms with E-state index in [1.54, 1.807) is 29.2 Å². The summed E-state index contributed by atoms with van der Waals surface area (Å²) in [6.45, 7) is 1.37. The molecule has 0 spiro atoms. The zero-order valence-electron chi connectivity index (χ0n) is 13.8. The van der Waals surface area contributed by atoms with Crippen molar-refractivity contribution in [3.63, 3.8) is 0 Å². The molecular formula is C17H23ClF3NO3. The summed E-state index contributed by atoms with van der Waals surface area (Å²) < 4.78 is 49.1. The van der Waals surface area contributed by atoms with Gasteiger partial charge in [-0.2, -0.15) is 13.2 Å². The molecule has 1 N–H and O–H groups in total. The number of piperidine rings is 1. The van der Waals surface area contributed by atoms with Gasteiger partial charge in [-0.05, 0) is 43.7 Å². The normalized spacial score (nSPS) is 20.4. The highest BCUT2D eigenvalue weighted by molar-refractivity contribution is 6.30. The van der Waals surface area contributed by atoms with Crippen LogP contribution in [0.2, 0.25) is 5.02 Å². The number of nitrogens with zero attached hydrogens (tertiary/aromatic N) is 1. The van der Waals surface area contributed by atoms with Crippen LogP contribution in [0.4, 0.5) is 13.2 Å². The summed E-state index contributed by atoms with van der Waals surface area (Å²) in [7, 11) is 0. The van der Waals surface area contributed by atoms with Crippen molar-refractivity contribution >= 4 is 11.6 Å². The topological polar surface area (TPSA) is 41.9 Å². The molecule has 1 aromatic carbocycles. The highest BCUT2D eigenvalue weighted by atomic mass is 35.5. The van der Waals surface area contributed by atoms with Gasteiger partial charge in [-0.3, -0.25) is 0 Å². The molecule has 2 rings (SSSR count). The Labute approximate surface area is 150 Å². The van der Waals surface area contributed by atoms with Crippen LogP contribution >= 0.6 is 11.6 Å². The van der Waals surface area contributed by atoms with Gasteiger partial charge in [-0.15, -0.1) is 0 Å². The fourth-order valence-electron chi connectivity index (χ4n) is 2.81. The van der Waals surface area contributed by atoms with Crippen molar-refractivity contribution in [2.75, 3.05) is 39.5 Å². The maximum Gasteiger partial charge on any atom is 0.393 e. The Kier molecular flexibility index (Phi) is 7.81. The highest BCUT2D eigenvalue weighted by Crippen LogP contribution is 2.33. The van der Waals surface area contributed by atoms with Crippen LogP contribution in [0.5, 0.6) is 5.75 Å². The molecule has 1 saturated heterocycles. The minimum atomic E-state index is -4.17. The highest BCUT2D eigenvalue weighted by Gasteiger charge is 2.41. The summed E-state index contributed by atoms with van der Waals surface area (Å²) in [6, 6.07) is 6.91. The summed E-state index contributed by atoms with van der Waals surface area (Å²) >= 11 is 5.77. The number of aliphatic hydroxyl groups excluding tert-OH is 1. The average molecular weight is 382 g/mol. The van der Waals surface area contributed by atoms with Gasteiger partial charge in [0.2, 0.25) is 0 Å². The molecule has 1 fully saturated rings. The molecule has 1 aliphatic rings. The van der Waals surface area contributed by atoms with E-state index in [4.69, 9.17) is 21.1 Å². The maximum atomic E-state index is 12.8. The molecule has 25 heavy (non-hydrogen) atoms. The van der Waals surface area contributed by atoms with Crippen molar-refractivity contribution in [2.45, 2.75) is 25.1 Å². The van der Waals surface area contributed by atoms with Crippen molar-refractivity contribution in [3.05, 3.63) is 29.3 Å². The molecule has 0 bridgehead atoms. The van der Waals surface area contributed by atoms with E-state index in [0.29, 0.717) is 30.3 Å². The number of rotatable bonds is 8. The maximum absolute atomic E-state index is 12.8. The van der Waals surface area contributed by atoms with Crippen molar-refractivity contribution < 1.29 is 27.8 Å². The Morgan fingerprint density at radius 3 is 2.64 bits per heavy atom. The first-order chi connectivity index (χ1) is 11.8. The van der Waals surface area contributed by atoms with Gasteiger partial charge in [0.05, 0.1) is 25.2 Å².